The Morgan fingerprint density at radius 3 is 2.50 bits per heavy atom. The van der Waals surface area contributed by atoms with Crippen LogP contribution in [0.3, 0.4) is 0 Å². The van der Waals surface area contributed by atoms with Gasteiger partial charge in [-0.3, -0.25) is 0 Å². The van der Waals surface area contributed by atoms with Crippen molar-refractivity contribution >= 4 is 0 Å². The van der Waals surface area contributed by atoms with E-state index < -0.39 is 0 Å². The first-order valence-electron chi connectivity index (χ1n) is 5.89. The van der Waals surface area contributed by atoms with Crippen LogP contribution in [0.25, 0.3) is 0 Å². The van der Waals surface area contributed by atoms with E-state index in [0.717, 1.165) is 11.3 Å². The Morgan fingerprint density at radius 2 is 2.06 bits per heavy atom. The molecule has 1 rings (SSSR count). The van der Waals surface area contributed by atoms with Gasteiger partial charge in [0.15, 0.2) is 6.29 Å². The zero-order valence-electron chi connectivity index (χ0n) is 11.7. The van der Waals surface area contributed by atoms with Crippen molar-refractivity contribution in [3.63, 3.8) is 0 Å². The second-order valence-electron chi connectivity index (χ2n) is 4.32. The Labute approximate surface area is 108 Å². The van der Waals surface area contributed by atoms with Crippen LogP contribution in [-0.4, -0.2) is 31.1 Å². The minimum atomic E-state index is -0.274. The molecule has 0 saturated carbocycles. The van der Waals surface area contributed by atoms with Crippen molar-refractivity contribution in [1.29, 1.82) is 5.26 Å². The van der Waals surface area contributed by atoms with Gasteiger partial charge in [-0.2, -0.15) is 5.26 Å². The maximum atomic E-state index is 8.97. The predicted molar refractivity (Wildman–Crippen MR) is 69.0 cm³/mol. The molecule has 0 bridgehead atoms. The van der Waals surface area contributed by atoms with Crippen LogP contribution in [0.15, 0.2) is 6.07 Å². The number of rotatable bonds is 6. The number of nitriles is 1. The van der Waals surface area contributed by atoms with Crippen LogP contribution in [0.2, 0.25) is 0 Å². The molecule has 100 valence electrons. The molecule has 5 nitrogen and oxygen atoms in total. The van der Waals surface area contributed by atoms with Gasteiger partial charge in [-0.15, -0.1) is 0 Å². The third kappa shape index (κ3) is 3.10. The molecule has 1 heterocycles. The molecule has 1 N–H and O–H groups in total. The molecule has 0 spiro atoms. The number of hydrogen-bond acceptors (Lipinski definition) is 4. The predicted octanol–water partition coefficient (Wildman–Crippen LogP) is 1.30. The summed E-state index contributed by atoms with van der Waals surface area (Å²) in [7, 11) is 5.13. The fraction of sp³-hybridized carbons (Fsp3) is 0.615. The summed E-state index contributed by atoms with van der Waals surface area (Å²) in [6.07, 6.45) is -0.274. The van der Waals surface area contributed by atoms with E-state index in [1.807, 2.05) is 31.5 Å². The van der Waals surface area contributed by atoms with Crippen molar-refractivity contribution in [3.8, 4) is 6.07 Å². The van der Waals surface area contributed by atoms with Crippen LogP contribution in [0.5, 0.6) is 0 Å². The maximum Gasteiger partial charge on any atom is 0.171 e. The smallest absolute Gasteiger partial charge is 0.171 e. The maximum absolute atomic E-state index is 8.97. The summed E-state index contributed by atoms with van der Waals surface area (Å²) >= 11 is 0. The molecular formula is C13H21N3O2. The Hall–Kier alpha value is -1.35. The number of nitrogens with zero attached hydrogens (tertiary/aromatic N) is 2. The molecule has 0 aliphatic heterocycles. The molecule has 1 aromatic rings. The minimum Gasteiger partial charge on any atom is -0.354 e. The van der Waals surface area contributed by atoms with Gasteiger partial charge >= 0.3 is 0 Å². The molecule has 0 fully saturated rings. The number of hydrogen-bond donors (Lipinski definition) is 1. The molecule has 0 saturated heterocycles. The first kappa shape index (κ1) is 14.7. The molecule has 1 aromatic heterocycles. The van der Waals surface area contributed by atoms with Gasteiger partial charge in [0.05, 0.1) is 6.04 Å². The van der Waals surface area contributed by atoms with Crippen molar-refractivity contribution in [2.75, 3.05) is 14.2 Å². The van der Waals surface area contributed by atoms with Gasteiger partial charge in [-0.05, 0) is 25.5 Å². The largest absolute Gasteiger partial charge is 0.354 e. The second-order valence-corrected chi connectivity index (χ2v) is 4.32. The van der Waals surface area contributed by atoms with Gasteiger partial charge in [0.2, 0.25) is 0 Å². The Kier molecular flexibility index (Phi) is 5.35. The monoisotopic (exact) mass is 251 g/mol. The van der Waals surface area contributed by atoms with Crippen LogP contribution in [0.4, 0.5) is 0 Å². The second kappa shape index (κ2) is 6.55. The summed E-state index contributed by atoms with van der Waals surface area (Å²) in [5, 5.41) is 12.3. The number of ether oxygens (including phenoxy) is 2. The lowest BCUT2D eigenvalue weighted by molar-refractivity contribution is -0.119. The molecule has 0 aliphatic rings. The quantitative estimate of drug-likeness (QED) is 0.774. The first-order valence-corrected chi connectivity index (χ1v) is 5.89. The van der Waals surface area contributed by atoms with Crippen LogP contribution in [-0.2, 0) is 23.1 Å². The summed E-state index contributed by atoms with van der Waals surface area (Å²) in [5.74, 6) is 0. The van der Waals surface area contributed by atoms with Gasteiger partial charge < -0.3 is 19.4 Å². The van der Waals surface area contributed by atoms with Crippen molar-refractivity contribution in [3.05, 3.63) is 23.0 Å². The summed E-state index contributed by atoms with van der Waals surface area (Å²) < 4.78 is 12.3. The number of methoxy groups -OCH3 is 2. The summed E-state index contributed by atoms with van der Waals surface area (Å²) in [6, 6.07) is 4.16. The van der Waals surface area contributed by atoms with E-state index in [1.165, 1.54) is 0 Å². The highest BCUT2D eigenvalue weighted by Gasteiger charge is 2.16. The highest BCUT2D eigenvalue weighted by Crippen LogP contribution is 2.13. The van der Waals surface area contributed by atoms with Crippen molar-refractivity contribution < 1.29 is 9.47 Å². The molecule has 0 amide bonds. The highest BCUT2D eigenvalue weighted by atomic mass is 16.7. The Bertz CT molecular complexity index is 430. The van der Waals surface area contributed by atoms with Crippen molar-refractivity contribution in [2.24, 2.45) is 7.05 Å². The summed E-state index contributed by atoms with van der Waals surface area (Å²) in [4.78, 5) is 0. The third-order valence-electron chi connectivity index (χ3n) is 3.24. The lowest BCUT2D eigenvalue weighted by atomic mass is 10.2. The van der Waals surface area contributed by atoms with Crippen LogP contribution < -0.4 is 5.32 Å². The molecule has 1 atom stereocenters. The highest BCUT2D eigenvalue weighted by molar-refractivity contribution is 5.34. The fourth-order valence-electron chi connectivity index (χ4n) is 1.92. The molecular weight excluding hydrogens is 230 g/mol. The summed E-state index contributed by atoms with van der Waals surface area (Å²) in [5.41, 5.74) is 2.89. The fourth-order valence-corrected chi connectivity index (χ4v) is 1.92. The minimum absolute atomic E-state index is 0.0742. The van der Waals surface area contributed by atoms with Gasteiger partial charge in [-0.25, -0.2) is 0 Å². The molecule has 0 aromatic carbocycles. The molecule has 1 unspecified atom stereocenters. The van der Waals surface area contributed by atoms with E-state index in [0.29, 0.717) is 12.2 Å². The summed E-state index contributed by atoms with van der Waals surface area (Å²) in [6.45, 7) is 4.69. The van der Waals surface area contributed by atoms with Crippen LogP contribution >= 0.6 is 0 Å². The van der Waals surface area contributed by atoms with Gasteiger partial charge in [0, 0.05) is 33.5 Å². The topological polar surface area (TPSA) is 59.2 Å². The SMILES string of the molecule is COC(OC)C(C)NCc1cc(C#N)n(C)c1C. The average Bonchev–Trinajstić information content (AvgIpc) is 2.65. The molecule has 0 aliphatic carbocycles. The van der Waals surface area contributed by atoms with Crippen molar-refractivity contribution in [2.45, 2.75) is 32.7 Å². The Balaban J connectivity index is 2.67. The van der Waals surface area contributed by atoms with Gasteiger partial charge in [0.1, 0.15) is 11.8 Å². The zero-order valence-corrected chi connectivity index (χ0v) is 11.7. The van der Waals surface area contributed by atoms with Crippen molar-refractivity contribution in [1.82, 2.24) is 9.88 Å². The first-order chi connectivity index (χ1) is 8.54. The van der Waals surface area contributed by atoms with E-state index in [2.05, 4.69) is 11.4 Å². The number of aromatic nitrogens is 1. The zero-order chi connectivity index (χ0) is 13.7. The third-order valence-corrected chi connectivity index (χ3v) is 3.24. The van der Waals surface area contributed by atoms with Crippen LogP contribution in [0.1, 0.15) is 23.9 Å². The van der Waals surface area contributed by atoms with E-state index in [-0.39, 0.29) is 12.3 Å². The molecule has 5 heteroatoms. The molecule has 0 radical (unpaired) electrons. The van der Waals surface area contributed by atoms with Gasteiger partial charge in [0.25, 0.3) is 0 Å². The number of nitrogens with one attached hydrogen (secondary N) is 1. The van der Waals surface area contributed by atoms with E-state index in [4.69, 9.17) is 14.7 Å². The van der Waals surface area contributed by atoms with E-state index >= 15 is 0 Å². The van der Waals surface area contributed by atoms with E-state index in [9.17, 15) is 0 Å². The van der Waals surface area contributed by atoms with Gasteiger partial charge in [-0.1, -0.05) is 0 Å². The standard InChI is InChI=1S/C13H21N3O2/c1-9(13(17-4)18-5)15-8-11-6-12(7-14)16(3)10(11)2/h6,9,13,15H,8H2,1-5H3. The van der Waals surface area contributed by atoms with E-state index in [1.54, 1.807) is 14.2 Å². The van der Waals surface area contributed by atoms with Crippen LogP contribution in [0, 0.1) is 18.3 Å². The normalized spacial score (nSPS) is 12.7. The lowest BCUT2D eigenvalue weighted by Gasteiger charge is -2.22. The average molecular weight is 251 g/mol. The molecule has 18 heavy (non-hydrogen) atoms. The Morgan fingerprint density at radius 1 is 1.44 bits per heavy atom. The lowest BCUT2D eigenvalue weighted by Crippen LogP contribution is -2.39.